The third kappa shape index (κ3) is 5.10. The molecule has 2 aliphatic heterocycles. The second-order valence-electron chi connectivity index (χ2n) is 9.00. The molecule has 0 bridgehead atoms. The molecule has 1 aromatic carbocycles. The first-order valence-corrected chi connectivity index (χ1v) is 13.6. The van der Waals surface area contributed by atoms with Gasteiger partial charge in [0.15, 0.2) is 0 Å². The van der Waals surface area contributed by atoms with Crippen molar-refractivity contribution in [3.8, 4) is 0 Å². The molecule has 2 saturated heterocycles. The lowest BCUT2D eigenvalue weighted by Crippen LogP contribution is -2.51. The van der Waals surface area contributed by atoms with Crippen LogP contribution in [0.1, 0.15) is 31.1 Å². The van der Waals surface area contributed by atoms with E-state index in [0.29, 0.717) is 56.9 Å². The summed E-state index contributed by atoms with van der Waals surface area (Å²) in [5, 5.41) is 4.83. The van der Waals surface area contributed by atoms with E-state index >= 15 is 0 Å². The number of piperazine rings is 2. The van der Waals surface area contributed by atoms with Gasteiger partial charge in [-0.25, -0.2) is 8.42 Å². The fraction of sp³-hybridized carbons (Fsp3) is 0.565. The number of aryl methyl sites for hydroxylation is 1. The fourth-order valence-electron chi connectivity index (χ4n) is 4.50. The van der Waals surface area contributed by atoms with Gasteiger partial charge in [-0.15, -0.1) is 0 Å². The maximum Gasteiger partial charge on any atom is 0.263 e. The van der Waals surface area contributed by atoms with E-state index in [1.807, 2.05) is 31.2 Å². The molecule has 34 heavy (non-hydrogen) atoms. The SMILES string of the molecule is CCn1cc(C(=O)N2CCN(C(C)C)CC2)c(S(=O)(=O)N2CCN(c3cccc(Cl)c3)CC2)n1. The molecule has 0 saturated carbocycles. The van der Waals surface area contributed by atoms with Crippen LogP contribution in [-0.4, -0.2) is 96.6 Å². The minimum Gasteiger partial charge on any atom is -0.369 e. The van der Waals surface area contributed by atoms with E-state index in [0.717, 1.165) is 18.8 Å². The van der Waals surface area contributed by atoms with Gasteiger partial charge in [-0.3, -0.25) is 14.4 Å². The lowest BCUT2D eigenvalue weighted by Gasteiger charge is -2.37. The van der Waals surface area contributed by atoms with E-state index in [-0.39, 0.29) is 16.5 Å². The van der Waals surface area contributed by atoms with E-state index in [1.165, 1.54) is 8.99 Å². The molecule has 1 aromatic heterocycles. The van der Waals surface area contributed by atoms with Crippen LogP contribution in [0.4, 0.5) is 5.69 Å². The summed E-state index contributed by atoms with van der Waals surface area (Å²) in [5.74, 6) is -0.265. The van der Waals surface area contributed by atoms with Gasteiger partial charge in [0.2, 0.25) is 5.03 Å². The zero-order valence-corrected chi connectivity index (χ0v) is 21.6. The number of anilines is 1. The highest BCUT2D eigenvalue weighted by Crippen LogP contribution is 2.25. The molecule has 0 spiro atoms. The highest BCUT2D eigenvalue weighted by Gasteiger charge is 2.36. The molecule has 0 aliphatic carbocycles. The molecular weight excluding hydrogens is 476 g/mol. The highest BCUT2D eigenvalue weighted by atomic mass is 35.5. The van der Waals surface area contributed by atoms with Gasteiger partial charge in [0.25, 0.3) is 15.9 Å². The third-order valence-corrected chi connectivity index (χ3v) is 8.68. The van der Waals surface area contributed by atoms with Crippen LogP contribution in [0, 0.1) is 0 Å². The Hall–Kier alpha value is -2.14. The number of sulfonamides is 1. The van der Waals surface area contributed by atoms with Crippen molar-refractivity contribution in [3.63, 3.8) is 0 Å². The molecule has 0 radical (unpaired) electrons. The minimum atomic E-state index is -3.91. The van der Waals surface area contributed by atoms with Gasteiger partial charge >= 0.3 is 0 Å². The third-order valence-electron chi connectivity index (χ3n) is 6.61. The Bertz CT molecular complexity index is 1120. The normalized spacial score (nSPS) is 18.6. The van der Waals surface area contributed by atoms with Crippen LogP contribution >= 0.6 is 11.6 Å². The Morgan fingerprint density at radius 1 is 1.06 bits per heavy atom. The number of carbonyl (C=O) groups excluding carboxylic acids is 1. The second kappa shape index (κ2) is 10.2. The average molecular weight is 509 g/mol. The summed E-state index contributed by atoms with van der Waals surface area (Å²) in [5.41, 5.74) is 1.13. The summed E-state index contributed by atoms with van der Waals surface area (Å²) in [4.78, 5) is 19.5. The summed E-state index contributed by atoms with van der Waals surface area (Å²) < 4.78 is 30.2. The summed E-state index contributed by atoms with van der Waals surface area (Å²) >= 11 is 6.11. The van der Waals surface area contributed by atoms with Gasteiger partial charge in [0.05, 0.1) is 5.56 Å². The quantitative estimate of drug-likeness (QED) is 0.595. The lowest BCUT2D eigenvalue weighted by molar-refractivity contribution is 0.0591. The minimum absolute atomic E-state index is 0.137. The molecular formula is C23H33ClN6O3S. The molecule has 9 nitrogen and oxygen atoms in total. The summed E-state index contributed by atoms with van der Waals surface area (Å²) in [6.07, 6.45) is 1.58. The number of carbonyl (C=O) groups is 1. The molecule has 0 atom stereocenters. The molecule has 0 unspecified atom stereocenters. The van der Waals surface area contributed by atoms with Crippen molar-refractivity contribution in [2.24, 2.45) is 0 Å². The second-order valence-corrected chi connectivity index (χ2v) is 11.3. The van der Waals surface area contributed by atoms with Crippen molar-refractivity contribution in [2.45, 2.75) is 38.4 Å². The molecule has 0 N–H and O–H groups in total. The average Bonchev–Trinajstić information content (AvgIpc) is 3.29. The van der Waals surface area contributed by atoms with Crippen molar-refractivity contribution in [3.05, 3.63) is 41.0 Å². The largest absolute Gasteiger partial charge is 0.369 e. The molecule has 2 aliphatic rings. The fourth-order valence-corrected chi connectivity index (χ4v) is 6.20. The molecule has 4 rings (SSSR count). The summed E-state index contributed by atoms with van der Waals surface area (Å²) in [6.45, 7) is 11.0. The number of halogens is 1. The van der Waals surface area contributed by atoms with E-state index < -0.39 is 10.0 Å². The zero-order chi connectivity index (χ0) is 24.5. The van der Waals surface area contributed by atoms with Crippen molar-refractivity contribution in [1.29, 1.82) is 0 Å². The number of hydrogen-bond acceptors (Lipinski definition) is 6. The predicted octanol–water partition coefficient (Wildman–Crippen LogP) is 2.23. The monoisotopic (exact) mass is 508 g/mol. The number of benzene rings is 1. The van der Waals surface area contributed by atoms with Crippen molar-refractivity contribution in [2.75, 3.05) is 57.3 Å². The van der Waals surface area contributed by atoms with E-state index in [9.17, 15) is 13.2 Å². The maximum absolute atomic E-state index is 13.6. The van der Waals surface area contributed by atoms with Crippen molar-refractivity contribution < 1.29 is 13.2 Å². The van der Waals surface area contributed by atoms with Gasteiger partial charge in [-0.1, -0.05) is 17.7 Å². The number of nitrogens with zero attached hydrogens (tertiary/aromatic N) is 6. The highest BCUT2D eigenvalue weighted by molar-refractivity contribution is 7.89. The molecule has 11 heteroatoms. The Morgan fingerprint density at radius 3 is 2.32 bits per heavy atom. The Balaban J connectivity index is 1.51. The standard InChI is InChI=1S/C23H33ClN6O3S/c1-4-29-17-21(23(31)28-10-8-26(9-11-28)18(2)3)22(25-29)34(32,33)30-14-12-27(13-15-30)20-7-5-6-19(24)16-20/h5-7,16-18H,4,8-15H2,1-3H3. The molecule has 3 heterocycles. The van der Waals surface area contributed by atoms with Crippen LogP contribution in [-0.2, 0) is 16.6 Å². The predicted molar refractivity (Wildman–Crippen MR) is 133 cm³/mol. The first-order valence-electron chi connectivity index (χ1n) is 11.8. The van der Waals surface area contributed by atoms with Gasteiger partial charge < -0.3 is 9.80 Å². The molecule has 2 aromatic rings. The first-order chi connectivity index (χ1) is 16.2. The smallest absolute Gasteiger partial charge is 0.263 e. The number of hydrogen-bond donors (Lipinski definition) is 0. The first kappa shape index (κ1) is 25.0. The number of rotatable bonds is 6. The lowest BCUT2D eigenvalue weighted by atomic mass is 10.2. The summed E-state index contributed by atoms with van der Waals surface area (Å²) in [7, 11) is -3.91. The topological polar surface area (TPSA) is 82.0 Å². The van der Waals surface area contributed by atoms with Crippen LogP contribution in [0.2, 0.25) is 5.02 Å². The Labute approximate surface area is 206 Å². The molecule has 1 amide bonds. The number of aromatic nitrogens is 2. The van der Waals surface area contributed by atoms with E-state index in [1.54, 1.807) is 11.1 Å². The zero-order valence-electron chi connectivity index (χ0n) is 20.0. The van der Waals surface area contributed by atoms with Gasteiger partial charge in [0.1, 0.15) is 0 Å². The molecule has 186 valence electrons. The van der Waals surface area contributed by atoms with Crippen LogP contribution in [0.3, 0.4) is 0 Å². The van der Waals surface area contributed by atoms with Crippen molar-refractivity contribution >= 4 is 33.2 Å². The van der Waals surface area contributed by atoms with Crippen LogP contribution < -0.4 is 4.90 Å². The number of amides is 1. The Kier molecular flexibility index (Phi) is 7.51. The maximum atomic E-state index is 13.6. The van der Waals surface area contributed by atoms with Gasteiger partial charge in [0, 0.05) is 81.9 Å². The summed E-state index contributed by atoms with van der Waals surface area (Å²) in [6, 6.07) is 7.97. The van der Waals surface area contributed by atoms with Crippen LogP contribution in [0.25, 0.3) is 0 Å². The van der Waals surface area contributed by atoms with Crippen LogP contribution in [0.5, 0.6) is 0 Å². The van der Waals surface area contributed by atoms with E-state index in [2.05, 4.69) is 28.7 Å². The van der Waals surface area contributed by atoms with E-state index in [4.69, 9.17) is 11.6 Å². The van der Waals surface area contributed by atoms with Gasteiger partial charge in [-0.05, 0) is 39.0 Å². The molecule has 2 fully saturated rings. The Morgan fingerprint density at radius 2 is 1.74 bits per heavy atom. The van der Waals surface area contributed by atoms with Crippen LogP contribution in [0.15, 0.2) is 35.5 Å². The van der Waals surface area contributed by atoms with Crippen molar-refractivity contribution in [1.82, 2.24) is 23.9 Å². The van der Waals surface area contributed by atoms with Gasteiger partial charge in [-0.2, -0.15) is 9.40 Å².